The van der Waals surface area contributed by atoms with Crippen molar-refractivity contribution in [2.24, 2.45) is 0 Å². The second-order valence-electron chi connectivity index (χ2n) is 4.57. The third-order valence-electron chi connectivity index (χ3n) is 2.80. The summed E-state index contributed by atoms with van der Waals surface area (Å²) in [4.78, 5) is 0. The molecule has 0 unspecified atom stereocenters. The van der Waals surface area contributed by atoms with Crippen LogP contribution in [0, 0.1) is 0 Å². The van der Waals surface area contributed by atoms with Gasteiger partial charge in [-0.3, -0.25) is 0 Å². The van der Waals surface area contributed by atoms with Gasteiger partial charge in [-0.25, -0.2) is 0 Å². The van der Waals surface area contributed by atoms with Gasteiger partial charge in [0, 0.05) is 11.4 Å². The standard InChI is InChI=1S/C16H20F3N/c1-4-7-14(16(17,18)19)10-12(3)20-15-9-6-8-13(5-2)11-15/h6-11,20H,4-5H2,1-3H3/b12-10-,14-7-. The molecule has 1 N–H and O–H groups in total. The lowest BCUT2D eigenvalue weighted by molar-refractivity contribution is -0.0884. The van der Waals surface area contributed by atoms with E-state index in [1.807, 2.05) is 31.2 Å². The van der Waals surface area contributed by atoms with Crippen molar-refractivity contribution in [3.63, 3.8) is 0 Å². The molecule has 0 aromatic heterocycles. The molecule has 0 amide bonds. The maximum atomic E-state index is 12.8. The summed E-state index contributed by atoms with van der Waals surface area (Å²) in [6, 6.07) is 7.66. The minimum Gasteiger partial charge on any atom is -0.359 e. The zero-order valence-corrected chi connectivity index (χ0v) is 12.0. The number of aryl methyl sites for hydroxylation is 1. The van der Waals surface area contributed by atoms with E-state index in [0.29, 0.717) is 12.1 Å². The van der Waals surface area contributed by atoms with E-state index in [9.17, 15) is 13.2 Å². The Hall–Kier alpha value is -1.71. The van der Waals surface area contributed by atoms with E-state index in [0.717, 1.165) is 23.7 Å². The smallest absolute Gasteiger partial charge is 0.359 e. The molecule has 0 saturated carbocycles. The summed E-state index contributed by atoms with van der Waals surface area (Å²) in [5, 5.41) is 3.00. The molecule has 110 valence electrons. The molecule has 1 nitrogen and oxygen atoms in total. The molecule has 0 radical (unpaired) electrons. The number of alkyl halides is 3. The monoisotopic (exact) mass is 283 g/mol. The van der Waals surface area contributed by atoms with Gasteiger partial charge in [0.2, 0.25) is 0 Å². The highest BCUT2D eigenvalue weighted by Crippen LogP contribution is 2.28. The van der Waals surface area contributed by atoms with Crippen molar-refractivity contribution in [3.05, 3.63) is 53.3 Å². The zero-order chi connectivity index (χ0) is 15.2. The van der Waals surface area contributed by atoms with Crippen LogP contribution in [-0.2, 0) is 6.42 Å². The number of hydrogen-bond acceptors (Lipinski definition) is 1. The van der Waals surface area contributed by atoms with Crippen LogP contribution < -0.4 is 5.32 Å². The van der Waals surface area contributed by atoms with Crippen LogP contribution >= 0.6 is 0 Å². The second-order valence-corrected chi connectivity index (χ2v) is 4.57. The molecule has 0 saturated heterocycles. The average Bonchev–Trinajstić information content (AvgIpc) is 2.37. The molecule has 0 atom stereocenters. The SMILES string of the molecule is CC/C=C(/C=C(/C)Nc1cccc(CC)c1)C(F)(F)F. The molecule has 1 aromatic rings. The highest BCUT2D eigenvalue weighted by molar-refractivity contribution is 5.51. The van der Waals surface area contributed by atoms with E-state index in [2.05, 4.69) is 5.32 Å². The third kappa shape index (κ3) is 5.11. The summed E-state index contributed by atoms with van der Waals surface area (Å²) < 4.78 is 38.4. The first-order valence-electron chi connectivity index (χ1n) is 6.68. The Bertz CT molecular complexity index is 499. The van der Waals surface area contributed by atoms with Crippen LogP contribution in [0.4, 0.5) is 18.9 Å². The van der Waals surface area contributed by atoms with Gasteiger partial charge in [0.1, 0.15) is 0 Å². The molecule has 0 heterocycles. The van der Waals surface area contributed by atoms with Gasteiger partial charge in [0.15, 0.2) is 0 Å². The molecule has 0 aliphatic heterocycles. The second kappa shape index (κ2) is 7.17. The lowest BCUT2D eigenvalue weighted by atomic mass is 10.1. The lowest BCUT2D eigenvalue weighted by Gasteiger charge is -2.11. The van der Waals surface area contributed by atoms with Gasteiger partial charge in [-0.05, 0) is 43.5 Å². The first kappa shape index (κ1) is 16.3. The van der Waals surface area contributed by atoms with Crippen LogP contribution in [0.25, 0.3) is 0 Å². The Morgan fingerprint density at radius 2 is 1.95 bits per heavy atom. The van der Waals surface area contributed by atoms with Crippen molar-refractivity contribution in [1.82, 2.24) is 0 Å². The van der Waals surface area contributed by atoms with E-state index < -0.39 is 11.7 Å². The quantitative estimate of drug-likeness (QED) is 0.707. The summed E-state index contributed by atoms with van der Waals surface area (Å²) in [7, 11) is 0. The van der Waals surface area contributed by atoms with Crippen molar-refractivity contribution in [2.75, 3.05) is 5.32 Å². The number of hydrogen-bond donors (Lipinski definition) is 1. The number of anilines is 1. The van der Waals surface area contributed by atoms with E-state index in [1.54, 1.807) is 13.8 Å². The predicted octanol–water partition coefficient (Wildman–Crippen LogP) is 5.46. The normalized spacial score (nSPS) is 13.5. The number of halogens is 3. The molecule has 20 heavy (non-hydrogen) atoms. The van der Waals surface area contributed by atoms with Gasteiger partial charge >= 0.3 is 6.18 Å². The maximum absolute atomic E-state index is 12.8. The lowest BCUT2D eigenvalue weighted by Crippen LogP contribution is -2.11. The minimum absolute atomic E-state index is 0.351. The first-order chi connectivity index (χ1) is 9.36. The largest absolute Gasteiger partial charge is 0.416 e. The summed E-state index contributed by atoms with van der Waals surface area (Å²) in [5.41, 5.74) is 1.80. The molecule has 4 heteroatoms. The van der Waals surface area contributed by atoms with Crippen molar-refractivity contribution < 1.29 is 13.2 Å². The van der Waals surface area contributed by atoms with Crippen LogP contribution in [0.3, 0.4) is 0 Å². The van der Waals surface area contributed by atoms with Gasteiger partial charge in [0.05, 0.1) is 5.57 Å². The van der Waals surface area contributed by atoms with Gasteiger partial charge in [-0.1, -0.05) is 32.1 Å². The molecule has 1 rings (SSSR count). The minimum atomic E-state index is -4.32. The van der Waals surface area contributed by atoms with Gasteiger partial charge in [0.25, 0.3) is 0 Å². The van der Waals surface area contributed by atoms with E-state index in [4.69, 9.17) is 0 Å². The van der Waals surface area contributed by atoms with Crippen LogP contribution in [0.15, 0.2) is 47.7 Å². The van der Waals surface area contributed by atoms with Crippen molar-refractivity contribution >= 4 is 5.69 Å². The highest BCUT2D eigenvalue weighted by atomic mass is 19.4. The van der Waals surface area contributed by atoms with E-state index >= 15 is 0 Å². The highest BCUT2D eigenvalue weighted by Gasteiger charge is 2.31. The molecule has 1 aromatic carbocycles. The summed E-state index contributed by atoms with van der Waals surface area (Å²) in [5.74, 6) is 0. The predicted molar refractivity (Wildman–Crippen MR) is 77.6 cm³/mol. The van der Waals surface area contributed by atoms with E-state index in [-0.39, 0.29) is 0 Å². The molecule has 0 aliphatic rings. The number of rotatable bonds is 5. The Labute approximate surface area is 118 Å². The van der Waals surface area contributed by atoms with Crippen molar-refractivity contribution in [3.8, 4) is 0 Å². The van der Waals surface area contributed by atoms with Crippen molar-refractivity contribution in [1.29, 1.82) is 0 Å². The topological polar surface area (TPSA) is 12.0 Å². The van der Waals surface area contributed by atoms with Gasteiger partial charge in [-0.2, -0.15) is 13.2 Å². The first-order valence-corrected chi connectivity index (χ1v) is 6.68. The molecule has 0 fully saturated rings. The Balaban J connectivity index is 2.90. The number of nitrogens with one attached hydrogen (secondary N) is 1. The summed E-state index contributed by atoms with van der Waals surface area (Å²) in [6.07, 6.45) is -0.744. The molecule has 0 bridgehead atoms. The molecular weight excluding hydrogens is 263 g/mol. The zero-order valence-electron chi connectivity index (χ0n) is 12.0. The molecule has 0 aliphatic carbocycles. The maximum Gasteiger partial charge on any atom is 0.416 e. The Morgan fingerprint density at radius 3 is 2.50 bits per heavy atom. The Morgan fingerprint density at radius 1 is 1.25 bits per heavy atom. The van der Waals surface area contributed by atoms with E-state index in [1.165, 1.54) is 6.08 Å². The van der Waals surface area contributed by atoms with Crippen LogP contribution in [0.1, 0.15) is 32.8 Å². The summed E-state index contributed by atoms with van der Waals surface area (Å²) in [6.45, 7) is 5.36. The van der Waals surface area contributed by atoms with Crippen molar-refractivity contribution in [2.45, 2.75) is 39.8 Å². The van der Waals surface area contributed by atoms with Gasteiger partial charge in [-0.15, -0.1) is 0 Å². The molecule has 0 spiro atoms. The van der Waals surface area contributed by atoms with Crippen LogP contribution in [0.5, 0.6) is 0 Å². The van der Waals surface area contributed by atoms with Crippen LogP contribution in [-0.4, -0.2) is 6.18 Å². The third-order valence-corrected chi connectivity index (χ3v) is 2.80. The number of benzene rings is 1. The number of allylic oxidation sites excluding steroid dienone is 4. The fourth-order valence-corrected chi connectivity index (χ4v) is 1.84. The summed E-state index contributed by atoms with van der Waals surface area (Å²) >= 11 is 0. The van der Waals surface area contributed by atoms with Gasteiger partial charge < -0.3 is 5.32 Å². The Kier molecular flexibility index (Phi) is 5.86. The average molecular weight is 283 g/mol. The fraction of sp³-hybridized carbons (Fsp3) is 0.375. The molecular formula is C16H20F3N. The van der Waals surface area contributed by atoms with Crippen LogP contribution in [0.2, 0.25) is 0 Å². The fourth-order valence-electron chi connectivity index (χ4n) is 1.84.